The van der Waals surface area contributed by atoms with Crippen molar-refractivity contribution >= 4 is 22.0 Å². The molecule has 0 aliphatic carbocycles. The maximum absolute atomic E-state index is 12.2. The highest BCUT2D eigenvalue weighted by atomic mass is 79.9. The molecular weight excluding hydrogens is 310 g/mol. The number of carbonyl (C=O) groups is 1. The Morgan fingerprint density at radius 2 is 2.11 bits per heavy atom. The largest absolute Gasteiger partial charge is 0.444 e. The van der Waals surface area contributed by atoms with Gasteiger partial charge in [0.25, 0.3) is 0 Å². The Bertz CT molecular complexity index is 496. The van der Waals surface area contributed by atoms with Crippen molar-refractivity contribution in [2.75, 3.05) is 7.11 Å². The third kappa shape index (κ3) is 3.09. The average molecular weight is 328 g/mol. The van der Waals surface area contributed by atoms with Gasteiger partial charge in [-0.25, -0.2) is 4.79 Å². The van der Waals surface area contributed by atoms with Crippen LogP contribution >= 0.6 is 15.9 Å². The summed E-state index contributed by atoms with van der Waals surface area (Å²) in [7, 11) is 1.60. The van der Waals surface area contributed by atoms with Crippen LogP contribution in [0.5, 0.6) is 0 Å². The summed E-state index contributed by atoms with van der Waals surface area (Å²) in [5, 5.41) is 0. The highest BCUT2D eigenvalue weighted by molar-refractivity contribution is 9.10. The van der Waals surface area contributed by atoms with Gasteiger partial charge in [-0.15, -0.1) is 0 Å². The number of amides is 1. The summed E-state index contributed by atoms with van der Waals surface area (Å²) in [6, 6.07) is 5.92. The van der Waals surface area contributed by atoms with Crippen molar-refractivity contribution in [2.45, 2.75) is 39.1 Å². The Hall–Kier alpha value is -1.07. The number of fused-ring (bicyclic) bond motifs is 1. The predicted molar refractivity (Wildman–Crippen MR) is 75.7 cm³/mol. The Labute approximate surface area is 121 Å². The molecule has 0 radical (unpaired) electrons. The zero-order valence-corrected chi connectivity index (χ0v) is 13.2. The first kappa shape index (κ1) is 14.3. The Morgan fingerprint density at radius 1 is 1.42 bits per heavy atom. The molecule has 0 aromatic heterocycles. The van der Waals surface area contributed by atoms with Gasteiger partial charge in [0.15, 0.2) is 6.23 Å². The molecule has 1 aliphatic heterocycles. The molecule has 5 heteroatoms. The summed E-state index contributed by atoms with van der Waals surface area (Å²) in [5.41, 5.74) is 1.58. The van der Waals surface area contributed by atoms with Gasteiger partial charge >= 0.3 is 6.09 Å². The molecule has 4 nitrogen and oxygen atoms in total. The van der Waals surface area contributed by atoms with Crippen LogP contribution in [0.25, 0.3) is 0 Å². The van der Waals surface area contributed by atoms with Gasteiger partial charge in [0, 0.05) is 17.1 Å². The van der Waals surface area contributed by atoms with Crippen molar-refractivity contribution in [1.82, 2.24) is 4.90 Å². The summed E-state index contributed by atoms with van der Waals surface area (Å²) in [4.78, 5) is 13.8. The van der Waals surface area contributed by atoms with E-state index in [1.165, 1.54) is 0 Å². The second kappa shape index (κ2) is 5.13. The van der Waals surface area contributed by atoms with Gasteiger partial charge in [0.1, 0.15) is 5.60 Å². The molecule has 1 aliphatic rings. The fourth-order valence-electron chi connectivity index (χ4n) is 2.12. The van der Waals surface area contributed by atoms with Crippen LogP contribution in [0.3, 0.4) is 0 Å². The number of ether oxygens (including phenoxy) is 2. The average Bonchev–Trinajstić information content (AvgIpc) is 2.64. The second-order valence-corrected chi connectivity index (χ2v) is 6.46. The second-order valence-electron chi connectivity index (χ2n) is 5.54. The van der Waals surface area contributed by atoms with Gasteiger partial charge in [0.2, 0.25) is 0 Å². The SMILES string of the molecule is COC1c2ccc(Br)cc2CN1C(=O)OC(C)(C)C. The minimum atomic E-state index is -0.509. The number of hydrogen-bond donors (Lipinski definition) is 0. The van der Waals surface area contributed by atoms with Gasteiger partial charge in [-0.1, -0.05) is 22.0 Å². The van der Waals surface area contributed by atoms with Crippen molar-refractivity contribution in [3.05, 3.63) is 33.8 Å². The topological polar surface area (TPSA) is 38.8 Å². The number of carbonyl (C=O) groups excluding carboxylic acids is 1. The molecule has 0 spiro atoms. The van der Waals surface area contributed by atoms with Crippen LogP contribution in [-0.4, -0.2) is 23.7 Å². The van der Waals surface area contributed by atoms with E-state index in [0.717, 1.165) is 15.6 Å². The molecule has 0 saturated carbocycles. The zero-order chi connectivity index (χ0) is 14.2. The molecule has 104 valence electrons. The zero-order valence-electron chi connectivity index (χ0n) is 11.6. The summed E-state index contributed by atoms with van der Waals surface area (Å²) < 4.78 is 11.8. The maximum atomic E-state index is 12.2. The molecule has 1 unspecified atom stereocenters. The molecule has 0 N–H and O–H groups in total. The molecule has 1 heterocycles. The fourth-order valence-corrected chi connectivity index (χ4v) is 2.53. The van der Waals surface area contributed by atoms with Crippen molar-refractivity contribution in [1.29, 1.82) is 0 Å². The van der Waals surface area contributed by atoms with E-state index in [-0.39, 0.29) is 12.3 Å². The monoisotopic (exact) mass is 327 g/mol. The molecule has 1 aromatic rings. The number of rotatable bonds is 1. The van der Waals surface area contributed by atoms with E-state index in [4.69, 9.17) is 9.47 Å². The summed E-state index contributed by atoms with van der Waals surface area (Å²) in [6.45, 7) is 6.06. The lowest BCUT2D eigenvalue weighted by Crippen LogP contribution is -2.36. The molecule has 0 bridgehead atoms. The molecule has 1 aromatic carbocycles. The predicted octanol–water partition coefficient (Wildman–Crippen LogP) is 3.84. The third-order valence-corrected chi connectivity index (χ3v) is 3.34. The van der Waals surface area contributed by atoms with Gasteiger partial charge in [-0.2, -0.15) is 0 Å². The highest BCUT2D eigenvalue weighted by Crippen LogP contribution is 2.36. The van der Waals surface area contributed by atoms with E-state index < -0.39 is 5.60 Å². The van der Waals surface area contributed by atoms with Crippen molar-refractivity contribution in [2.24, 2.45) is 0 Å². The number of nitrogens with zero attached hydrogens (tertiary/aromatic N) is 1. The van der Waals surface area contributed by atoms with Gasteiger partial charge in [0.05, 0.1) is 6.54 Å². The maximum Gasteiger partial charge on any atom is 0.412 e. The molecule has 0 saturated heterocycles. The van der Waals surface area contributed by atoms with Gasteiger partial charge in [-0.05, 0) is 38.5 Å². The Morgan fingerprint density at radius 3 is 2.68 bits per heavy atom. The molecular formula is C14H18BrNO3. The van der Waals surface area contributed by atoms with Crippen LogP contribution in [0.1, 0.15) is 38.1 Å². The minimum absolute atomic E-state index is 0.355. The minimum Gasteiger partial charge on any atom is -0.444 e. The lowest BCUT2D eigenvalue weighted by atomic mass is 10.1. The molecule has 1 amide bonds. The smallest absolute Gasteiger partial charge is 0.412 e. The van der Waals surface area contributed by atoms with Crippen LogP contribution in [0.15, 0.2) is 22.7 Å². The van der Waals surface area contributed by atoms with Gasteiger partial charge in [-0.3, -0.25) is 4.90 Å². The van der Waals surface area contributed by atoms with Crippen LogP contribution < -0.4 is 0 Å². The lowest BCUT2D eigenvalue weighted by molar-refractivity contribution is -0.0448. The number of halogens is 1. The Kier molecular flexibility index (Phi) is 3.87. The van der Waals surface area contributed by atoms with Crippen molar-refractivity contribution in [3.8, 4) is 0 Å². The summed E-state index contributed by atoms with van der Waals surface area (Å²) >= 11 is 3.44. The van der Waals surface area contributed by atoms with Crippen molar-refractivity contribution in [3.63, 3.8) is 0 Å². The molecule has 2 rings (SSSR count). The Balaban J connectivity index is 2.24. The first-order valence-electron chi connectivity index (χ1n) is 6.12. The van der Waals surface area contributed by atoms with E-state index in [1.54, 1.807) is 12.0 Å². The van der Waals surface area contributed by atoms with Crippen LogP contribution in [0, 0.1) is 0 Å². The van der Waals surface area contributed by atoms with E-state index in [0.29, 0.717) is 6.54 Å². The van der Waals surface area contributed by atoms with E-state index in [9.17, 15) is 4.79 Å². The lowest BCUT2D eigenvalue weighted by Gasteiger charge is -2.27. The number of methoxy groups -OCH3 is 1. The summed E-state index contributed by atoms with van der Waals surface area (Å²) in [6.07, 6.45) is -0.732. The van der Waals surface area contributed by atoms with Crippen molar-refractivity contribution < 1.29 is 14.3 Å². The van der Waals surface area contributed by atoms with E-state index in [2.05, 4.69) is 15.9 Å². The van der Waals surface area contributed by atoms with Gasteiger partial charge < -0.3 is 9.47 Å². The first-order valence-corrected chi connectivity index (χ1v) is 6.92. The number of hydrogen-bond acceptors (Lipinski definition) is 3. The third-order valence-electron chi connectivity index (χ3n) is 2.85. The van der Waals surface area contributed by atoms with E-state index >= 15 is 0 Å². The fraction of sp³-hybridized carbons (Fsp3) is 0.500. The molecule has 1 atom stereocenters. The standard InChI is InChI=1S/C14H18BrNO3/c1-14(2,3)19-13(17)16-8-9-7-10(15)5-6-11(9)12(16)18-4/h5-7,12H,8H2,1-4H3. The highest BCUT2D eigenvalue weighted by Gasteiger charge is 2.36. The normalized spacial score (nSPS) is 18.4. The van der Waals surface area contributed by atoms with E-state index in [1.807, 2.05) is 39.0 Å². The number of benzene rings is 1. The quantitative estimate of drug-likeness (QED) is 0.786. The van der Waals surface area contributed by atoms with Crippen LogP contribution in [0.2, 0.25) is 0 Å². The first-order chi connectivity index (χ1) is 8.81. The van der Waals surface area contributed by atoms with Crippen LogP contribution in [0.4, 0.5) is 4.79 Å². The molecule has 0 fully saturated rings. The van der Waals surface area contributed by atoms with Crippen LogP contribution in [-0.2, 0) is 16.0 Å². The summed E-state index contributed by atoms with van der Waals surface area (Å²) in [5.74, 6) is 0. The molecule has 19 heavy (non-hydrogen) atoms.